The average molecular weight is 383 g/mol. The number of rotatable bonds is 5. The molecule has 0 heterocycles. The van der Waals surface area contributed by atoms with Crippen LogP contribution in [-0.2, 0) is 10.0 Å². The summed E-state index contributed by atoms with van der Waals surface area (Å²) in [5, 5.41) is 9.82. The molecule has 8 heteroatoms. The molecule has 0 saturated heterocycles. The molecule has 0 bridgehead atoms. The predicted molar refractivity (Wildman–Crippen MR) is 83.8 cm³/mol. The monoisotopic (exact) mass is 382 g/mol. The van der Waals surface area contributed by atoms with Crippen LogP contribution in [0.4, 0.5) is 10.1 Å². The van der Waals surface area contributed by atoms with Crippen molar-refractivity contribution in [1.82, 2.24) is 4.72 Å². The fraction of sp³-hybridized carbons (Fsp3) is 0.538. The second-order valence-corrected chi connectivity index (χ2v) is 8.68. The van der Waals surface area contributed by atoms with Gasteiger partial charge in [0.05, 0.1) is 10.6 Å². The van der Waals surface area contributed by atoms with E-state index in [1.165, 1.54) is 6.07 Å². The number of hydrogen-bond donors (Lipinski definition) is 3. The molecule has 1 aromatic rings. The lowest BCUT2D eigenvalue weighted by atomic mass is 9.89. The van der Waals surface area contributed by atoms with Gasteiger partial charge in [0, 0.05) is 12.2 Å². The first kappa shape index (κ1) is 18.3. The fourth-order valence-corrected chi connectivity index (χ4v) is 3.66. The molecule has 1 unspecified atom stereocenters. The number of nitrogens with one attached hydrogen (secondary N) is 1. The Morgan fingerprint density at radius 1 is 1.43 bits per heavy atom. The van der Waals surface area contributed by atoms with E-state index >= 15 is 0 Å². The highest BCUT2D eigenvalue weighted by Gasteiger charge is 2.24. The quantitative estimate of drug-likeness (QED) is 0.680. The van der Waals surface area contributed by atoms with E-state index < -0.39 is 26.8 Å². The van der Waals surface area contributed by atoms with Crippen LogP contribution in [-0.4, -0.2) is 26.2 Å². The van der Waals surface area contributed by atoms with Crippen molar-refractivity contribution < 1.29 is 17.9 Å². The van der Waals surface area contributed by atoms with Gasteiger partial charge in [-0.25, -0.2) is 17.5 Å². The van der Waals surface area contributed by atoms with Crippen LogP contribution in [0.5, 0.6) is 0 Å². The number of aliphatic hydroxyl groups excluding tert-OH is 1. The molecule has 1 aromatic carbocycles. The third-order valence-corrected chi connectivity index (χ3v) is 4.66. The number of aliphatic hydroxyl groups is 1. The SMILES string of the molecule is CC(C)(C)CC(O)CNS(=O)(=O)c1cc(N)cc(Br)c1F. The van der Waals surface area contributed by atoms with Crippen molar-refractivity contribution in [2.24, 2.45) is 5.41 Å². The van der Waals surface area contributed by atoms with Crippen LogP contribution >= 0.6 is 15.9 Å². The van der Waals surface area contributed by atoms with E-state index in [9.17, 15) is 17.9 Å². The Morgan fingerprint density at radius 2 is 2.00 bits per heavy atom. The van der Waals surface area contributed by atoms with Gasteiger partial charge in [-0.05, 0) is 39.9 Å². The van der Waals surface area contributed by atoms with Crippen LogP contribution in [0.2, 0.25) is 0 Å². The minimum atomic E-state index is -4.08. The number of nitrogen functional groups attached to an aromatic ring is 1. The molecule has 5 nitrogen and oxygen atoms in total. The van der Waals surface area contributed by atoms with E-state index in [4.69, 9.17) is 5.73 Å². The molecule has 0 spiro atoms. The van der Waals surface area contributed by atoms with Crippen molar-refractivity contribution in [3.63, 3.8) is 0 Å². The number of anilines is 1. The molecule has 0 radical (unpaired) electrons. The summed E-state index contributed by atoms with van der Waals surface area (Å²) in [7, 11) is -4.08. The van der Waals surface area contributed by atoms with Crippen LogP contribution in [0.3, 0.4) is 0 Å². The first-order chi connectivity index (χ1) is 9.42. The van der Waals surface area contributed by atoms with Gasteiger partial charge in [0.2, 0.25) is 10.0 Å². The van der Waals surface area contributed by atoms with Gasteiger partial charge in [-0.1, -0.05) is 20.8 Å². The van der Waals surface area contributed by atoms with Crippen LogP contribution < -0.4 is 10.5 Å². The Bertz CT molecular complexity index is 615. The lowest BCUT2D eigenvalue weighted by molar-refractivity contribution is 0.125. The van der Waals surface area contributed by atoms with E-state index in [2.05, 4.69) is 20.7 Å². The second-order valence-electron chi connectivity index (χ2n) is 6.09. The second kappa shape index (κ2) is 6.60. The van der Waals surface area contributed by atoms with Crippen LogP contribution in [0, 0.1) is 11.2 Å². The van der Waals surface area contributed by atoms with Gasteiger partial charge >= 0.3 is 0 Å². The Balaban J connectivity index is 2.88. The number of hydrogen-bond acceptors (Lipinski definition) is 4. The molecule has 0 aliphatic carbocycles. The van der Waals surface area contributed by atoms with Gasteiger partial charge in [0.1, 0.15) is 4.90 Å². The van der Waals surface area contributed by atoms with Crippen LogP contribution in [0.25, 0.3) is 0 Å². The van der Waals surface area contributed by atoms with Crippen molar-refractivity contribution >= 4 is 31.6 Å². The third-order valence-electron chi connectivity index (χ3n) is 2.66. The maximum Gasteiger partial charge on any atom is 0.243 e. The summed E-state index contributed by atoms with van der Waals surface area (Å²) in [5.41, 5.74) is 5.51. The van der Waals surface area contributed by atoms with Gasteiger partial charge in [-0.15, -0.1) is 0 Å². The maximum absolute atomic E-state index is 13.9. The van der Waals surface area contributed by atoms with E-state index in [1.807, 2.05) is 20.8 Å². The standard InChI is InChI=1S/C13H20BrFN2O3S/c1-13(2,3)6-9(18)7-17-21(19,20)11-5-8(16)4-10(14)12(11)15/h4-5,9,17-18H,6-7,16H2,1-3H3. The van der Waals surface area contributed by atoms with Crippen LogP contribution in [0.15, 0.2) is 21.5 Å². The molecule has 4 N–H and O–H groups in total. The highest BCUT2D eigenvalue weighted by molar-refractivity contribution is 9.10. The minimum absolute atomic E-state index is 0.0295. The Labute approximate surface area is 132 Å². The molecule has 0 saturated carbocycles. The topological polar surface area (TPSA) is 92.4 Å². The molecule has 0 aliphatic rings. The van der Waals surface area contributed by atoms with Gasteiger partial charge in [0.15, 0.2) is 5.82 Å². The Hall–Kier alpha value is -0.700. The number of nitrogens with two attached hydrogens (primary N) is 1. The van der Waals surface area contributed by atoms with Crippen LogP contribution in [0.1, 0.15) is 27.2 Å². The van der Waals surface area contributed by atoms with E-state index in [0.717, 1.165) is 6.07 Å². The lowest BCUT2D eigenvalue weighted by Gasteiger charge is -2.22. The third kappa shape index (κ3) is 5.54. The van der Waals surface area contributed by atoms with Crippen molar-refractivity contribution in [3.8, 4) is 0 Å². The normalized spacial score (nSPS) is 14.2. The summed E-state index contributed by atoms with van der Waals surface area (Å²) < 4.78 is 40.2. The Morgan fingerprint density at radius 3 is 2.52 bits per heavy atom. The molecule has 0 aliphatic heterocycles. The molecular formula is C13H20BrFN2O3S. The van der Waals surface area contributed by atoms with E-state index in [-0.39, 0.29) is 22.1 Å². The largest absolute Gasteiger partial charge is 0.399 e. The molecule has 120 valence electrons. The average Bonchev–Trinajstić information content (AvgIpc) is 2.29. The zero-order chi connectivity index (χ0) is 16.4. The summed E-state index contributed by atoms with van der Waals surface area (Å²) in [6.07, 6.45) is -0.439. The highest BCUT2D eigenvalue weighted by atomic mass is 79.9. The van der Waals surface area contributed by atoms with Gasteiger partial charge in [0.25, 0.3) is 0 Å². The summed E-state index contributed by atoms with van der Waals surface area (Å²) >= 11 is 2.91. The van der Waals surface area contributed by atoms with E-state index in [0.29, 0.717) is 6.42 Å². The molecular weight excluding hydrogens is 363 g/mol. The number of sulfonamides is 1. The summed E-state index contributed by atoms with van der Waals surface area (Å²) in [5.74, 6) is -0.915. The first-order valence-electron chi connectivity index (χ1n) is 6.34. The minimum Gasteiger partial charge on any atom is -0.399 e. The van der Waals surface area contributed by atoms with Gasteiger partial charge in [-0.2, -0.15) is 0 Å². The maximum atomic E-state index is 13.9. The van der Waals surface area contributed by atoms with Crippen molar-refractivity contribution in [3.05, 3.63) is 22.4 Å². The lowest BCUT2D eigenvalue weighted by Crippen LogP contribution is -2.34. The summed E-state index contributed by atoms with van der Waals surface area (Å²) in [6, 6.07) is 2.32. The van der Waals surface area contributed by atoms with Gasteiger partial charge < -0.3 is 10.8 Å². The van der Waals surface area contributed by atoms with Crippen molar-refractivity contribution in [2.75, 3.05) is 12.3 Å². The van der Waals surface area contributed by atoms with Gasteiger partial charge in [-0.3, -0.25) is 0 Å². The zero-order valence-corrected chi connectivity index (χ0v) is 14.6. The molecule has 1 rings (SSSR count). The highest BCUT2D eigenvalue weighted by Crippen LogP contribution is 2.26. The number of halogens is 2. The smallest absolute Gasteiger partial charge is 0.243 e. The fourth-order valence-electron chi connectivity index (χ4n) is 1.84. The van der Waals surface area contributed by atoms with Crippen molar-refractivity contribution in [1.29, 1.82) is 0 Å². The molecule has 1 atom stereocenters. The summed E-state index contributed by atoms with van der Waals surface area (Å²) in [6.45, 7) is 5.60. The molecule has 0 aromatic heterocycles. The predicted octanol–water partition coefficient (Wildman–Crippen LogP) is 2.25. The molecule has 0 fully saturated rings. The molecule has 21 heavy (non-hydrogen) atoms. The van der Waals surface area contributed by atoms with E-state index in [1.54, 1.807) is 0 Å². The number of benzene rings is 1. The zero-order valence-electron chi connectivity index (χ0n) is 12.2. The molecule has 0 amide bonds. The first-order valence-corrected chi connectivity index (χ1v) is 8.62. The van der Waals surface area contributed by atoms with Crippen molar-refractivity contribution in [2.45, 2.75) is 38.2 Å². The Kier molecular flexibility index (Phi) is 5.76. The summed E-state index contributed by atoms with van der Waals surface area (Å²) in [4.78, 5) is -0.544.